The van der Waals surface area contributed by atoms with E-state index < -0.39 is 0 Å². The maximum Gasteiger partial charge on any atom is 0.231 e. The molecule has 0 radical (unpaired) electrons. The quantitative estimate of drug-likeness (QED) is 0.694. The maximum absolute atomic E-state index is 5.38. The standard InChI is InChI=1S/C17H15N3O2/c1-2-20-14-6-4-3-5-13(14)19-17(20)18-10-12-7-8-15-16(9-12)22-11-21-15/h3-10H,2,11H2,1H3/b18-10+. The Bertz CT molecular complexity index is 867. The molecule has 1 aliphatic heterocycles. The lowest BCUT2D eigenvalue weighted by Crippen LogP contribution is -1.93. The van der Waals surface area contributed by atoms with Gasteiger partial charge in [-0.25, -0.2) is 9.98 Å². The fraction of sp³-hybridized carbons (Fsp3) is 0.176. The monoisotopic (exact) mass is 293 g/mol. The zero-order valence-corrected chi connectivity index (χ0v) is 12.2. The van der Waals surface area contributed by atoms with Crippen LogP contribution >= 0.6 is 0 Å². The van der Waals surface area contributed by atoms with Crippen LogP contribution in [0.2, 0.25) is 0 Å². The lowest BCUT2D eigenvalue weighted by atomic mass is 10.2. The largest absolute Gasteiger partial charge is 0.454 e. The Hall–Kier alpha value is -2.82. The van der Waals surface area contributed by atoms with Crippen LogP contribution in [0.1, 0.15) is 12.5 Å². The second kappa shape index (κ2) is 5.18. The van der Waals surface area contributed by atoms with Crippen LogP contribution in [0.15, 0.2) is 47.5 Å². The van der Waals surface area contributed by atoms with Gasteiger partial charge in [-0.05, 0) is 42.8 Å². The molecule has 0 N–H and O–H groups in total. The summed E-state index contributed by atoms with van der Waals surface area (Å²) in [5.41, 5.74) is 3.02. The molecule has 5 nitrogen and oxygen atoms in total. The van der Waals surface area contributed by atoms with Crippen LogP contribution in [-0.2, 0) is 6.54 Å². The Morgan fingerprint density at radius 2 is 2.05 bits per heavy atom. The van der Waals surface area contributed by atoms with Crippen LogP contribution in [0.25, 0.3) is 11.0 Å². The van der Waals surface area contributed by atoms with Gasteiger partial charge in [-0.3, -0.25) is 0 Å². The van der Waals surface area contributed by atoms with E-state index in [2.05, 4.69) is 27.5 Å². The first kappa shape index (κ1) is 12.9. The summed E-state index contributed by atoms with van der Waals surface area (Å²) in [4.78, 5) is 9.12. The highest BCUT2D eigenvalue weighted by Gasteiger charge is 2.12. The molecule has 1 aromatic heterocycles. The van der Waals surface area contributed by atoms with E-state index in [1.807, 2.05) is 36.4 Å². The van der Waals surface area contributed by atoms with E-state index in [0.29, 0.717) is 5.95 Å². The fourth-order valence-electron chi connectivity index (χ4n) is 2.60. The van der Waals surface area contributed by atoms with Crippen molar-refractivity contribution in [3.63, 3.8) is 0 Å². The number of rotatable bonds is 3. The van der Waals surface area contributed by atoms with E-state index in [0.717, 1.165) is 34.6 Å². The number of fused-ring (bicyclic) bond motifs is 2. The Labute approximate surface area is 127 Å². The van der Waals surface area contributed by atoms with E-state index in [-0.39, 0.29) is 6.79 Å². The predicted molar refractivity (Wildman–Crippen MR) is 85.2 cm³/mol. The summed E-state index contributed by atoms with van der Waals surface area (Å²) in [5.74, 6) is 2.24. The van der Waals surface area contributed by atoms with Crippen molar-refractivity contribution in [2.45, 2.75) is 13.5 Å². The second-order valence-electron chi connectivity index (χ2n) is 5.02. The van der Waals surface area contributed by atoms with Gasteiger partial charge in [0.05, 0.1) is 11.0 Å². The zero-order chi connectivity index (χ0) is 14.9. The predicted octanol–water partition coefficient (Wildman–Crippen LogP) is 3.54. The van der Waals surface area contributed by atoms with Crippen LogP contribution < -0.4 is 9.47 Å². The van der Waals surface area contributed by atoms with E-state index in [1.165, 1.54) is 0 Å². The van der Waals surface area contributed by atoms with E-state index in [9.17, 15) is 0 Å². The molecule has 2 heterocycles. The molecule has 4 rings (SSSR count). The summed E-state index contributed by atoms with van der Waals surface area (Å²) >= 11 is 0. The Balaban J connectivity index is 1.71. The van der Waals surface area contributed by atoms with Gasteiger partial charge >= 0.3 is 0 Å². The number of benzene rings is 2. The molecule has 0 amide bonds. The third-order valence-corrected chi connectivity index (χ3v) is 3.68. The van der Waals surface area contributed by atoms with Crippen molar-refractivity contribution in [2.75, 3.05) is 6.79 Å². The number of aromatic nitrogens is 2. The summed E-state index contributed by atoms with van der Waals surface area (Å²) in [6, 6.07) is 13.8. The van der Waals surface area contributed by atoms with Gasteiger partial charge < -0.3 is 14.0 Å². The molecule has 2 aromatic carbocycles. The molecular formula is C17H15N3O2. The summed E-state index contributed by atoms with van der Waals surface area (Å²) in [7, 11) is 0. The van der Waals surface area contributed by atoms with Crippen molar-refractivity contribution >= 4 is 23.2 Å². The van der Waals surface area contributed by atoms with E-state index >= 15 is 0 Å². The molecule has 0 aliphatic carbocycles. The first-order valence-corrected chi connectivity index (χ1v) is 7.24. The maximum atomic E-state index is 5.38. The summed E-state index contributed by atoms with van der Waals surface area (Å²) < 4.78 is 12.8. The normalized spacial score (nSPS) is 13.3. The fourth-order valence-corrected chi connectivity index (χ4v) is 2.60. The molecule has 110 valence electrons. The third kappa shape index (κ3) is 2.11. The van der Waals surface area contributed by atoms with Crippen molar-refractivity contribution in [3.8, 4) is 11.5 Å². The third-order valence-electron chi connectivity index (χ3n) is 3.68. The SMILES string of the molecule is CCn1c(/N=C/c2ccc3c(c2)OCO3)nc2ccccc21. The number of aliphatic imine (C=N–C) groups is 1. The molecule has 0 saturated heterocycles. The highest BCUT2D eigenvalue weighted by Crippen LogP contribution is 2.32. The Kier molecular flexibility index (Phi) is 3.04. The average molecular weight is 293 g/mol. The van der Waals surface area contributed by atoms with Gasteiger partial charge in [0.1, 0.15) is 0 Å². The lowest BCUT2D eigenvalue weighted by molar-refractivity contribution is 0.174. The van der Waals surface area contributed by atoms with Crippen LogP contribution in [0.3, 0.4) is 0 Å². The number of aryl methyl sites for hydroxylation is 1. The van der Waals surface area contributed by atoms with Crippen molar-refractivity contribution in [3.05, 3.63) is 48.0 Å². The number of hydrogen-bond acceptors (Lipinski definition) is 4. The first-order chi connectivity index (χ1) is 10.8. The zero-order valence-electron chi connectivity index (χ0n) is 12.2. The smallest absolute Gasteiger partial charge is 0.231 e. The van der Waals surface area contributed by atoms with Gasteiger partial charge in [0, 0.05) is 12.8 Å². The molecule has 5 heteroatoms. The number of nitrogens with zero attached hydrogens (tertiary/aromatic N) is 3. The molecule has 0 bridgehead atoms. The average Bonchev–Trinajstić information content (AvgIpc) is 3.15. The second-order valence-corrected chi connectivity index (χ2v) is 5.02. The molecule has 3 aromatic rings. The summed E-state index contributed by atoms with van der Waals surface area (Å²) in [6.07, 6.45) is 1.80. The minimum atomic E-state index is 0.279. The van der Waals surface area contributed by atoms with Crippen molar-refractivity contribution in [1.29, 1.82) is 0 Å². The molecule has 0 fully saturated rings. The molecule has 0 unspecified atom stereocenters. The van der Waals surface area contributed by atoms with Crippen molar-refractivity contribution < 1.29 is 9.47 Å². The number of hydrogen-bond donors (Lipinski definition) is 0. The Morgan fingerprint density at radius 3 is 2.95 bits per heavy atom. The highest BCUT2D eigenvalue weighted by molar-refractivity contribution is 5.84. The van der Waals surface area contributed by atoms with Crippen LogP contribution in [-0.4, -0.2) is 22.6 Å². The number of ether oxygens (including phenoxy) is 2. The van der Waals surface area contributed by atoms with Crippen molar-refractivity contribution in [1.82, 2.24) is 9.55 Å². The number of para-hydroxylation sites is 2. The van der Waals surface area contributed by atoms with Gasteiger partial charge in [0.25, 0.3) is 0 Å². The highest BCUT2D eigenvalue weighted by atomic mass is 16.7. The minimum absolute atomic E-state index is 0.279. The Morgan fingerprint density at radius 1 is 1.18 bits per heavy atom. The first-order valence-electron chi connectivity index (χ1n) is 7.24. The van der Waals surface area contributed by atoms with Crippen LogP contribution in [0, 0.1) is 0 Å². The molecule has 22 heavy (non-hydrogen) atoms. The lowest BCUT2D eigenvalue weighted by Gasteiger charge is -2.01. The van der Waals surface area contributed by atoms with Gasteiger partial charge in [0.2, 0.25) is 12.7 Å². The van der Waals surface area contributed by atoms with Crippen molar-refractivity contribution in [2.24, 2.45) is 4.99 Å². The van der Waals surface area contributed by atoms with Crippen LogP contribution in [0.4, 0.5) is 5.95 Å². The molecule has 0 atom stereocenters. The van der Waals surface area contributed by atoms with Gasteiger partial charge in [0.15, 0.2) is 11.5 Å². The van der Waals surface area contributed by atoms with Gasteiger partial charge in [-0.15, -0.1) is 0 Å². The topological polar surface area (TPSA) is 48.6 Å². The molecule has 0 spiro atoms. The van der Waals surface area contributed by atoms with E-state index in [4.69, 9.17) is 9.47 Å². The van der Waals surface area contributed by atoms with Gasteiger partial charge in [-0.1, -0.05) is 12.1 Å². The summed E-state index contributed by atoms with van der Waals surface area (Å²) in [6.45, 7) is 3.20. The summed E-state index contributed by atoms with van der Waals surface area (Å²) in [5, 5.41) is 0. The molecule has 0 saturated carbocycles. The molecule has 1 aliphatic rings. The van der Waals surface area contributed by atoms with Crippen LogP contribution in [0.5, 0.6) is 11.5 Å². The van der Waals surface area contributed by atoms with Gasteiger partial charge in [-0.2, -0.15) is 0 Å². The molecular weight excluding hydrogens is 278 g/mol. The minimum Gasteiger partial charge on any atom is -0.454 e. The van der Waals surface area contributed by atoms with E-state index in [1.54, 1.807) is 6.21 Å². The number of imidazole rings is 1.